The summed E-state index contributed by atoms with van der Waals surface area (Å²) >= 11 is 0. The summed E-state index contributed by atoms with van der Waals surface area (Å²) in [4.78, 5) is 9.79. The first-order valence-corrected chi connectivity index (χ1v) is 5.47. The first kappa shape index (κ1) is 12.3. The second kappa shape index (κ2) is 3.99. The number of carboxylic acid groups (broad SMARTS) is 1. The van der Waals surface area contributed by atoms with E-state index in [1.165, 1.54) is 7.05 Å². The number of aromatic hydroxyl groups is 1. The summed E-state index contributed by atoms with van der Waals surface area (Å²) < 4.78 is 30.8. The molecule has 0 unspecified atom stereocenters. The number of rotatable bonds is 3. The van der Waals surface area contributed by atoms with Crippen molar-refractivity contribution in [3.05, 3.63) is 17.7 Å². The molecule has 0 heterocycles. The number of hydrogen-bond acceptors (Lipinski definition) is 5. The Hall–Kier alpha value is -1.80. The van der Waals surface area contributed by atoms with Crippen molar-refractivity contribution in [2.24, 2.45) is 0 Å². The lowest BCUT2D eigenvalue weighted by Gasteiger charge is -2.10. The van der Waals surface area contributed by atoms with Crippen LogP contribution in [-0.2, 0) is 10.1 Å². The zero-order valence-electron chi connectivity index (χ0n) is 8.13. The summed E-state index contributed by atoms with van der Waals surface area (Å²) in [5, 5.41) is 20.5. The van der Waals surface area contributed by atoms with Crippen LogP contribution in [0.25, 0.3) is 0 Å². The molecule has 0 amide bonds. The summed E-state index contributed by atoms with van der Waals surface area (Å²) in [5.74, 6) is -2.49. The van der Waals surface area contributed by atoms with E-state index in [1.807, 2.05) is 0 Å². The van der Waals surface area contributed by atoms with Crippen molar-refractivity contribution in [3.8, 4) is 5.75 Å². The number of carbonyl (C=O) groups is 1. The summed E-state index contributed by atoms with van der Waals surface area (Å²) in [5.41, 5.74) is -0.698. The summed E-state index contributed by atoms with van der Waals surface area (Å²) in [7, 11) is -3.34. The maximum atomic E-state index is 11.0. The van der Waals surface area contributed by atoms with Gasteiger partial charge in [-0.25, -0.2) is 4.79 Å². The van der Waals surface area contributed by atoms with Gasteiger partial charge < -0.3 is 15.5 Å². The van der Waals surface area contributed by atoms with Crippen LogP contribution >= 0.6 is 0 Å². The van der Waals surface area contributed by atoms with Crippen molar-refractivity contribution >= 4 is 21.8 Å². The lowest BCUT2D eigenvalue weighted by molar-refractivity contribution is 0.0693. The normalized spacial score (nSPS) is 11.1. The molecule has 7 nitrogen and oxygen atoms in total. The van der Waals surface area contributed by atoms with E-state index in [-0.39, 0.29) is 5.69 Å². The molecular weight excluding hydrogens is 238 g/mol. The van der Waals surface area contributed by atoms with Crippen molar-refractivity contribution in [2.75, 3.05) is 12.4 Å². The smallest absolute Gasteiger partial charge is 0.339 e. The minimum Gasteiger partial charge on any atom is -0.506 e. The summed E-state index contributed by atoms with van der Waals surface area (Å²) in [6.45, 7) is 0. The standard InChI is InChI=1S/C8H9NO6S/c1-9-5-3-2-4(8(11)12)6(10)7(5)16(13,14)15/h2-3,9-10H,1H3,(H,11,12)(H,13,14,15). The largest absolute Gasteiger partial charge is 0.506 e. The fourth-order valence-corrected chi connectivity index (χ4v) is 2.00. The Morgan fingerprint density at radius 2 is 1.94 bits per heavy atom. The van der Waals surface area contributed by atoms with E-state index in [9.17, 15) is 18.3 Å². The Morgan fingerprint density at radius 1 is 1.38 bits per heavy atom. The number of hydrogen-bond donors (Lipinski definition) is 4. The molecule has 8 heteroatoms. The van der Waals surface area contributed by atoms with Gasteiger partial charge >= 0.3 is 5.97 Å². The fourth-order valence-electron chi connectivity index (χ4n) is 1.20. The average Bonchev–Trinajstić information content (AvgIpc) is 2.14. The Bertz CT molecular complexity index is 536. The van der Waals surface area contributed by atoms with Crippen LogP contribution in [0, 0.1) is 0 Å². The molecule has 0 aliphatic carbocycles. The van der Waals surface area contributed by atoms with Crippen molar-refractivity contribution in [1.82, 2.24) is 0 Å². The molecule has 1 aromatic rings. The number of carboxylic acids is 1. The van der Waals surface area contributed by atoms with Crippen molar-refractivity contribution in [2.45, 2.75) is 4.90 Å². The zero-order valence-corrected chi connectivity index (χ0v) is 8.95. The van der Waals surface area contributed by atoms with E-state index in [1.54, 1.807) is 0 Å². The Balaban J connectivity index is 3.67. The van der Waals surface area contributed by atoms with E-state index in [4.69, 9.17) is 9.66 Å². The van der Waals surface area contributed by atoms with Crippen molar-refractivity contribution < 1.29 is 28.0 Å². The molecule has 0 atom stereocenters. The van der Waals surface area contributed by atoms with Gasteiger partial charge in [0.15, 0.2) is 10.6 Å². The Kier molecular flexibility index (Phi) is 3.06. The minimum atomic E-state index is -4.71. The van der Waals surface area contributed by atoms with E-state index in [0.717, 1.165) is 12.1 Å². The highest BCUT2D eigenvalue weighted by atomic mass is 32.2. The van der Waals surface area contributed by atoms with E-state index < -0.39 is 32.3 Å². The van der Waals surface area contributed by atoms with Crippen molar-refractivity contribution in [1.29, 1.82) is 0 Å². The molecule has 0 radical (unpaired) electrons. The summed E-state index contributed by atoms with van der Waals surface area (Å²) in [6, 6.07) is 2.16. The molecule has 0 bridgehead atoms. The Morgan fingerprint density at radius 3 is 2.31 bits per heavy atom. The quantitative estimate of drug-likeness (QED) is 0.569. The van der Waals surface area contributed by atoms with Crippen LogP contribution < -0.4 is 5.32 Å². The number of nitrogens with one attached hydrogen (secondary N) is 1. The molecule has 0 spiro atoms. The number of benzene rings is 1. The van der Waals surface area contributed by atoms with Gasteiger partial charge in [-0.3, -0.25) is 4.55 Å². The van der Waals surface area contributed by atoms with Gasteiger partial charge in [0.2, 0.25) is 0 Å². The van der Waals surface area contributed by atoms with Crippen LogP contribution in [0.3, 0.4) is 0 Å². The van der Waals surface area contributed by atoms with E-state index in [0.29, 0.717) is 0 Å². The molecular formula is C8H9NO6S. The third kappa shape index (κ3) is 2.07. The lowest BCUT2D eigenvalue weighted by Crippen LogP contribution is -2.07. The summed E-state index contributed by atoms with van der Waals surface area (Å²) in [6.07, 6.45) is 0. The predicted molar refractivity (Wildman–Crippen MR) is 54.4 cm³/mol. The van der Waals surface area contributed by atoms with Gasteiger partial charge in [-0.05, 0) is 12.1 Å². The van der Waals surface area contributed by atoms with Gasteiger partial charge in [0.05, 0.1) is 5.69 Å². The topological polar surface area (TPSA) is 124 Å². The lowest BCUT2D eigenvalue weighted by atomic mass is 10.2. The van der Waals surface area contributed by atoms with Crippen LogP contribution in [0.1, 0.15) is 10.4 Å². The van der Waals surface area contributed by atoms with Gasteiger partial charge in [-0.15, -0.1) is 0 Å². The van der Waals surface area contributed by atoms with Gasteiger partial charge in [-0.2, -0.15) is 8.42 Å². The molecule has 0 aliphatic rings. The van der Waals surface area contributed by atoms with E-state index in [2.05, 4.69) is 5.32 Å². The second-order valence-electron chi connectivity index (χ2n) is 2.87. The monoisotopic (exact) mass is 247 g/mol. The van der Waals surface area contributed by atoms with Crippen LogP contribution in [-0.4, -0.2) is 36.2 Å². The molecule has 0 fully saturated rings. The minimum absolute atomic E-state index is 0.0926. The third-order valence-corrected chi connectivity index (χ3v) is 2.82. The molecule has 0 saturated carbocycles. The molecule has 4 N–H and O–H groups in total. The maximum absolute atomic E-state index is 11.0. The number of anilines is 1. The third-order valence-electron chi connectivity index (χ3n) is 1.89. The van der Waals surface area contributed by atoms with Crippen LogP contribution in [0.5, 0.6) is 5.75 Å². The molecule has 1 rings (SSSR count). The predicted octanol–water partition coefficient (Wildman–Crippen LogP) is 0.379. The molecule has 1 aromatic carbocycles. The highest BCUT2D eigenvalue weighted by Crippen LogP contribution is 2.33. The number of phenols is 1. The van der Waals surface area contributed by atoms with E-state index >= 15 is 0 Å². The van der Waals surface area contributed by atoms with Gasteiger partial charge in [0, 0.05) is 7.05 Å². The molecule has 16 heavy (non-hydrogen) atoms. The highest BCUT2D eigenvalue weighted by Gasteiger charge is 2.25. The molecule has 88 valence electrons. The maximum Gasteiger partial charge on any atom is 0.339 e. The van der Waals surface area contributed by atoms with Crippen molar-refractivity contribution in [3.63, 3.8) is 0 Å². The van der Waals surface area contributed by atoms with Crippen LogP contribution in [0.2, 0.25) is 0 Å². The number of aromatic carboxylic acids is 1. The fraction of sp³-hybridized carbons (Fsp3) is 0.125. The van der Waals surface area contributed by atoms with Gasteiger partial charge in [0.25, 0.3) is 10.1 Å². The molecule has 0 saturated heterocycles. The average molecular weight is 247 g/mol. The Labute approximate surface area is 91.1 Å². The van der Waals surface area contributed by atoms with Crippen LogP contribution in [0.4, 0.5) is 5.69 Å². The van der Waals surface area contributed by atoms with Gasteiger partial charge in [0.1, 0.15) is 5.56 Å². The first-order chi connectivity index (χ1) is 7.29. The van der Waals surface area contributed by atoms with Gasteiger partial charge in [-0.1, -0.05) is 0 Å². The first-order valence-electron chi connectivity index (χ1n) is 4.03. The molecule has 0 aliphatic heterocycles. The highest BCUT2D eigenvalue weighted by molar-refractivity contribution is 7.86. The van der Waals surface area contributed by atoms with Crippen LogP contribution in [0.15, 0.2) is 17.0 Å². The molecule has 0 aromatic heterocycles. The zero-order chi connectivity index (χ0) is 12.5. The SMILES string of the molecule is CNc1ccc(C(=O)O)c(O)c1S(=O)(=O)O. The second-order valence-corrected chi connectivity index (χ2v) is 4.23.